The molecule has 0 radical (unpaired) electrons. The summed E-state index contributed by atoms with van der Waals surface area (Å²) >= 11 is 0. The average molecular weight is 450 g/mol. The number of rotatable bonds is 3. The molecule has 4 rings (SSSR count). The summed E-state index contributed by atoms with van der Waals surface area (Å²) in [6.07, 6.45) is -6.49. The van der Waals surface area contributed by atoms with Gasteiger partial charge in [-0.05, 0) is 12.1 Å². The molecule has 2 aromatic carbocycles. The van der Waals surface area contributed by atoms with Crippen LogP contribution in [0.25, 0.3) is 22.3 Å². The molecule has 4 atom stereocenters. The first-order chi connectivity index (χ1) is 15.1. The van der Waals surface area contributed by atoms with Gasteiger partial charge in [-0.3, -0.25) is 4.79 Å². The number of fused-ring (bicyclic) bond motifs is 1. The Labute approximate surface area is 178 Å². The van der Waals surface area contributed by atoms with E-state index in [1.807, 2.05) is 0 Å². The van der Waals surface area contributed by atoms with Crippen LogP contribution in [0.4, 0.5) is 0 Å². The zero-order valence-corrected chi connectivity index (χ0v) is 16.0. The molecular formula is C20H18O12. The molecular weight excluding hydrogens is 432 g/mol. The van der Waals surface area contributed by atoms with Crippen molar-refractivity contribution in [1.82, 2.24) is 0 Å². The van der Waals surface area contributed by atoms with E-state index in [1.54, 1.807) is 0 Å². The molecule has 0 spiro atoms. The summed E-state index contributed by atoms with van der Waals surface area (Å²) in [6, 6.07) is 3.78. The van der Waals surface area contributed by atoms with Crippen molar-refractivity contribution < 1.29 is 54.7 Å². The Kier molecular flexibility index (Phi) is 5.22. The van der Waals surface area contributed by atoms with E-state index in [-0.39, 0.29) is 11.1 Å². The van der Waals surface area contributed by atoms with Crippen molar-refractivity contribution >= 4 is 11.0 Å². The van der Waals surface area contributed by atoms with Crippen LogP contribution in [0.5, 0.6) is 34.5 Å². The van der Waals surface area contributed by atoms with E-state index in [2.05, 4.69) is 0 Å². The van der Waals surface area contributed by atoms with Gasteiger partial charge in [0.05, 0.1) is 6.61 Å². The zero-order valence-electron chi connectivity index (χ0n) is 16.0. The van der Waals surface area contributed by atoms with Crippen LogP contribution in [0.1, 0.15) is 0 Å². The van der Waals surface area contributed by atoms with Crippen molar-refractivity contribution in [2.75, 3.05) is 6.61 Å². The molecule has 32 heavy (non-hydrogen) atoms. The van der Waals surface area contributed by atoms with Gasteiger partial charge in [0.15, 0.2) is 23.0 Å². The summed E-state index contributed by atoms with van der Waals surface area (Å²) in [4.78, 5) is 13.2. The molecule has 1 aliphatic heterocycles. The maximum atomic E-state index is 13.2. The van der Waals surface area contributed by atoms with Gasteiger partial charge in [-0.25, -0.2) is 0 Å². The van der Waals surface area contributed by atoms with Crippen molar-refractivity contribution in [2.45, 2.75) is 24.6 Å². The van der Waals surface area contributed by atoms with Crippen molar-refractivity contribution in [3.05, 3.63) is 34.5 Å². The minimum absolute atomic E-state index is 0.166. The third-order valence-electron chi connectivity index (χ3n) is 4.94. The second-order valence-corrected chi connectivity index (χ2v) is 7.16. The molecule has 170 valence electrons. The third-order valence-corrected chi connectivity index (χ3v) is 4.94. The Morgan fingerprint density at radius 1 is 0.875 bits per heavy atom. The Bertz CT molecular complexity index is 1230. The largest absolute Gasteiger partial charge is 0.508 e. The van der Waals surface area contributed by atoms with Gasteiger partial charge in [0.25, 0.3) is 0 Å². The lowest BCUT2D eigenvalue weighted by Crippen LogP contribution is -2.55. The van der Waals surface area contributed by atoms with E-state index >= 15 is 0 Å². The molecule has 12 nitrogen and oxygen atoms in total. The molecule has 0 bridgehead atoms. The van der Waals surface area contributed by atoms with Gasteiger partial charge in [0.1, 0.15) is 40.8 Å². The van der Waals surface area contributed by atoms with Crippen LogP contribution < -0.4 is 10.2 Å². The maximum absolute atomic E-state index is 13.2. The average Bonchev–Trinajstić information content (AvgIpc) is 2.72. The molecule has 2 unspecified atom stereocenters. The SMILES string of the molecule is O=c1c(O[C@@H]2OC[C@H](O)C(O)C2O)c(-c2cc(O)c(O)c(O)c2)oc2cc(O)cc(O)c12. The topological polar surface area (TPSA) is 211 Å². The van der Waals surface area contributed by atoms with Crippen LogP contribution in [-0.2, 0) is 4.74 Å². The molecule has 1 aliphatic rings. The summed E-state index contributed by atoms with van der Waals surface area (Å²) in [5, 5.41) is 78.4. The Hall–Kier alpha value is -3.71. The molecule has 3 aromatic rings. The first kappa shape index (κ1) is 21.5. The lowest BCUT2D eigenvalue weighted by Gasteiger charge is -2.34. The molecule has 0 amide bonds. The molecule has 1 fully saturated rings. The minimum atomic E-state index is -1.78. The van der Waals surface area contributed by atoms with Crippen LogP contribution in [0.3, 0.4) is 0 Å². The number of aliphatic hydroxyl groups is 3. The highest BCUT2D eigenvalue weighted by atomic mass is 16.7. The number of ether oxygens (including phenoxy) is 2. The zero-order chi connectivity index (χ0) is 23.3. The van der Waals surface area contributed by atoms with Crippen LogP contribution in [0.15, 0.2) is 33.5 Å². The van der Waals surface area contributed by atoms with Crippen LogP contribution in [0, 0.1) is 0 Å². The van der Waals surface area contributed by atoms with E-state index < -0.39 is 82.3 Å². The normalized spacial score (nSPS) is 23.3. The number of hydrogen-bond acceptors (Lipinski definition) is 12. The second-order valence-electron chi connectivity index (χ2n) is 7.16. The first-order valence-corrected chi connectivity index (χ1v) is 9.19. The summed E-state index contributed by atoms with van der Waals surface area (Å²) in [5.41, 5.74) is -1.44. The predicted molar refractivity (Wildman–Crippen MR) is 105 cm³/mol. The van der Waals surface area contributed by atoms with E-state index in [4.69, 9.17) is 13.9 Å². The van der Waals surface area contributed by atoms with E-state index in [1.165, 1.54) is 0 Å². The highest BCUT2D eigenvalue weighted by molar-refractivity contribution is 5.88. The lowest BCUT2D eigenvalue weighted by atomic mass is 10.1. The fraction of sp³-hybridized carbons (Fsp3) is 0.250. The quantitative estimate of drug-likeness (QED) is 0.244. The smallest absolute Gasteiger partial charge is 0.239 e. The number of benzene rings is 2. The summed E-state index contributed by atoms with van der Waals surface area (Å²) in [6.45, 7) is -0.433. The fourth-order valence-electron chi connectivity index (χ4n) is 3.30. The Balaban J connectivity index is 1.95. The van der Waals surface area contributed by atoms with Crippen LogP contribution >= 0.6 is 0 Å². The van der Waals surface area contributed by atoms with Crippen LogP contribution in [0.2, 0.25) is 0 Å². The van der Waals surface area contributed by atoms with E-state index in [0.29, 0.717) is 0 Å². The van der Waals surface area contributed by atoms with Crippen molar-refractivity contribution in [1.29, 1.82) is 0 Å². The molecule has 1 saturated heterocycles. The number of phenolic OH excluding ortho intramolecular Hbond substituents is 5. The van der Waals surface area contributed by atoms with Gasteiger partial charge in [-0.2, -0.15) is 0 Å². The van der Waals surface area contributed by atoms with Crippen molar-refractivity contribution in [2.24, 2.45) is 0 Å². The molecule has 0 saturated carbocycles. The second kappa shape index (κ2) is 7.76. The lowest BCUT2D eigenvalue weighted by molar-refractivity contribution is -0.242. The van der Waals surface area contributed by atoms with Gasteiger partial charge in [-0.15, -0.1) is 0 Å². The van der Waals surface area contributed by atoms with Gasteiger partial charge in [-0.1, -0.05) is 0 Å². The molecule has 0 aliphatic carbocycles. The standard InChI is InChI=1S/C20H18O12/c21-7-3-8(22)13-12(4-7)31-18(6-1-9(23)14(26)10(24)2-6)19(16(13)28)32-20-17(29)15(27)11(25)5-30-20/h1-4,11,15,17,20-27,29H,5H2/t11-,15?,17?,20-/m0/s1. The van der Waals surface area contributed by atoms with E-state index in [9.17, 15) is 45.6 Å². The Morgan fingerprint density at radius 2 is 1.53 bits per heavy atom. The predicted octanol–water partition coefficient (Wildman–Crippen LogP) is -0.194. The Morgan fingerprint density at radius 3 is 2.19 bits per heavy atom. The summed E-state index contributed by atoms with van der Waals surface area (Å²) in [5.74, 6) is -4.54. The number of aliphatic hydroxyl groups excluding tert-OH is 3. The minimum Gasteiger partial charge on any atom is -0.508 e. The molecule has 1 aromatic heterocycles. The molecule has 12 heteroatoms. The summed E-state index contributed by atoms with van der Waals surface area (Å²) < 4.78 is 16.2. The number of phenols is 5. The molecule has 2 heterocycles. The maximum Gasteiger partial charge on any atom is 0.239 e. The van der Waals surface area contributed by atoms with Crippen molar-refractivity contribution in [3.63, 3.8) is 0 Å². The van der Waals surface area contributed by atoms with Gasteiger partial charge in [0, 0.05) is 17.7 Å². The third kappa shape index (κ3) is 3.50. The molecule has 8 N–H and O–H groups in total. The monoisotopic (exact) mass is 450 g/mol. The highest BCUT2D eigenvalue weighted by Gasteiger charge is 2.40. The van der Waals surface area contributed by atoms with Gasteiger partial charge >= 0.3 is 0 Å². The highest BCUT2D eigenvalue weighted by Crippen LogP contribution is 2.42. The number of aromatic hydroxyl groups is 5. The number of hydrogen-bond donors (Lipinski definition) is 8. The first-order valence-electron chi connectivity index (χ1n) is 9.19. The summed E-state index contributed by atoms with van der Waals surface area (Å²) in [7, 11) is 0. The van der Waals surface area contributed by atoms with Gasteiger partial charge in [0.2, 0.25) is 17.5 Å². The van der Waals surface area contributed by atoms with Crippen LogP contribution in [-0.4, -0.2) is 72.1 Å². The van der Waals surface area contributed by atoms with Crippen molar-refractivity contribution in [3.8, 4) is 45.8 Å². The van der Waals surface area contributed by atoms with E-state index in [0.717, 1.165) is 24.3 Å². The fourth-order valence-corrected chi connectivity index (χ4v) is 3.30. The van der Waals surface area contributed by atoms with Gasteiger partial charge < -0.3 is 54.7 Å².